The summed E-state index contributed by atoms with van der Waals surface area (Å²) in [6.07, 6.45) is 2.08. The second-order valence-corrected chi connectivity index (χ2v) is 6.53. The van der Waals surface area contributed by atoms with Gasteiger partial charge in [-0.25, -0.2) is 0 Å². The Bertz CT molecular complexity index is 828. The predicted octanol–water partition coefficient (Wildman–Crippen LogP) is 3.90. The zero-order valence-electron chi connectivity index (χ0n) is 12.8. The molecule has 0 aliphatic heterocycles. The maximum absolute atomic E-state index is 12.4. The number of benzene rings is 2. The number of rotatable bonds is 2. The predicted molar refractivity (Wildman–Crippen MR) is 86.1 cm³/mol. The molecule has 0 aliphatic carbocycles. The summed E-state index contributed by atoms with van der Waals surface area (Å²) < 4.78 is 2.07. The highest BCUT2D eigenvalue weighted by atomic mass is 16.1. The quantitative estimate of drug-likeness (QED) is 0.514. The lowest BCUT2D eigenvalue weighted by Gasteiger charge is -2.14. The Morgan fingerprint density at radius 1 is 0.952 bits per heavy atom. The molecule has 21 heavy (non-hydrogen) atoms. The van der Waals surface area contributed by atoms with Gasteiger partial charge in [0.05, 0.1) is 5.39 Å². The summed E-state index contributed by atoms with van der Waals surface area (Å²) in [7, 11) is 0. The molecule has 0 bridgehead atoms. The van der Waals surface area contributed by atoms with Crippen molar-refractivity contribution in [2.75, 3.05) is 0 Å². The van der Waals surface area contributed by atoms with E-state index in [0.717, 1.165) is 10.9 Å². The smallest absolute Gasteiger partial charge is 0.213 e. The van der Waals surface area contributed by atoms with Gasteiger partial charge in [-0.1, -0.05) is 51.1 Å². The van der Waals surface area contributed by atoms with Gasteiger partial charge in [0.15, 0.2) is 6.20 Å². The number of carbonyl (C=O) groups is 1. The Balaban J connectivity index is 2.23. The first-order valence-corrected chi connectivity index (χ1v) is 7.30. The molecular formula is C19H20NO+. The van der Waals surface area contributed by atoms with Crippen molar-refractivity contribution in [1.29, 1.82) is 0 Å². The van der Waals surface area contributed by atoms with Gasteiger partial charge >= 0.3 is 0 Å². The molecule has 0 aliphatic rings. The molecule has 0 radical (unpaired) electrons. The zero-order chi connectivity index (χ0) is 15.0. The molecule has 1 heterocycles. The summed E-state index contributed by atoms with van der Waals surface area (Å²) in [5.41, 5.74) is 0.786. The minimum atomic E-state index is -0.320. The van der Waals surface area contributed by atoms with E-state index in [1.807, 2.05) is 39.0 Å². The van der Waals surface area contributed by atoms with E-state index in [9.17, 15) is 4.79 Å². The molecule has 0 amide bonds. The molecule has 0 unspecified atom stereocenters. The van der Waals surface area contributed by atoms with Crippen LogP contribution in [0.4, 0.5) is 0 Å². The van der Waals surface area contributed by atoms with Crippen LogP contribution in [0, 0.1) is 5.41 Å². The maximum atomic E-state index is 12.4. The van der Waals surface area contributed by atoms with Crippen molar-refractivity contribution in [3.63, 3.8) is 0 Å². The Labute approximate surface area is 125 Å². The van der Waals surface area contributed by atoms with Crippen LogP contribution >= 0.6 is 0 Å². The van der Waals surface area contributed by atoms with E-state index in [0.29, 0.717) is 6.54 Å². The Morgan fingerprint density at radius 3 is 2.29 bits per heavy atom. The van der Waals surface area contributed by atoms with Crippen LogP contribution in [0.25, 0.3) is 21.7 Å². The third kappa shape index (κ3) is 2.54. The summed E-state index contributed by atoms with van der Waals surface area (Å²) in [5, 5.41) is 3.59. The molecule has 2 nitrogen and oxygen atoms in total. The SMILES string of the molecule is CC(C)(C)C(=O)C[n+]1cc2ccccc2c2ccccc21. The number of fused-ring (bicyclic) bond motifs is 3. The number of carbonyl (C=O) groups excluding carboxylic acids is 1. The average molecular weight is 278 g/mol. The minimum absolute atomic E-state index is 0.243. The van der Waals surface area contributed by atoms with E-state index in [2.05, 4.69) is 41.1 Å². The Hall–Kier alpha value is -2.22. The first kappa shape index (κ1) is 13.7. The van der Waals surface area contributed by atoms with Crippen LogP contribution in [-0.4, -0.2) is 5.78 Å². The molecule has 0 atom stereocenters. The largest absolute Gasteiger partial charge is 0.292 e. The van der Waals surface area contributed by atoms with Crippen molar-refractivity contribution in [1.82, 2.24) is 0 Å². The molecule has 0 N–H and O–H groups in total. The van der Waals surface area contributed by atoms with E-state index >= 15 is 0 Å². The van der Waals surface area contributed by atoms with Gasteiger partial charge in [0, 0.05) is 22.3 Å². The maximum Gasteiger partial charge on any atom is 0.213 e. The number of pyridine rings is 1. The highest BCUT2D eigenvalue weighted by Crippen LogP contribution is 2.22. The number of para-hydroxylation sites is 1. The van der Waals surface area contributed by atoms with E-state index in [1.165, 1.54) is 10.8 Å². The molecular weight excluding hydrogens is 258 g/mol. The van der Waals surface area contributed by atoms with Gasteiger partial charge in [-0.15, -0.1) is 0 Å². The molecule has 0 spiro atoms. The summed E-state index contributed by atoms with van der Waals surface area (Å²) in [6.45, 7) is 6.33. The molecule has 3 rings (SSSR count). The van der Waals surface area contributed by atoms with Gasteiger partial charge in [0.25, 0.3) is 0 Å². The number of Topliss-reactive ketones (excluding diaryl/α,β-unsaturated/α-hetero) is 1. The van der Waals surface area contributed by atoms with E-state index in [1.54, 1.807) is 0 Å². The number of ketones is 1. The summed E-state index contributed by atoms with van der Waals surface area (Å²) >= 11 is 0. The van der Waals surface area contributed by atoms with Crippen LogP contribution in [0.2, 0.25) is 0 Å². The normalized spacial score (nSPS) is 12.0. The highest BCUT2D eigenvalue weighted by molar-refractivity contribution is 6.03. The van der Waals surface area contributed by atoms with Crippen LogP contribution in [0.15, 0.2) is 54.7 Å². The van der Waals surface area contributed by atoms with Gasteiger partial charge in [0.2, 0.25) is 17.8 Å². The first-order chi connectivity index (χ1) is 9.97. The van der Waals surface area contributed by atoms with Gasteiger partial charge < -0.3 is 0 Å². The van der Waals surface area contributed by atoms with Crippen LogP contribution in [-0.2, 0) is 11.3 Å². The average Bonchev–Trinajstić information content (AvgIpc) is 2.46. The number of aromatic nitrogens is 1. The fourth-order valence-electron chi connectivity index (χ4n) is 2.57. The topological polar surface area (TPSA) is 20.9 Å². The van der Waals surface area contributed by atoms with Crippen molar-refractivity contribution in [3.05, 3.63) is 54.7 Å². The van der Waals surface area contributed by atoms with Crippen LogP contribution < -0.4 is 4.57 Å². The molecule has 0 saturated carbocycles. The number of nitrogens with zero attached hydrogens (tertiary/aromatic N) is 1. The van der Waals surface area contributed by atoms with Crippen LogP contribution in [0.5, 0.6) is 0 Å². The standard InChI is InChI=1S/C19H20NO/c1-19(2,3)18(21)13-20-12-14-8-4-5-9-15(14)16-10-6-7-11-17(16)20/h4-12H,13H2,1-3H3/q+1. The van der Waals surface area contributed by atoms with Gasteiger partial charge in [0.1, 0.15) is 0 Å². The van der Waals surface area contributed by atoms with Crippen LogP contribution in [0.3, 0.4) is 0 Å². The van der Waals surface area contributed by atoms with Crippen molar-refractivity contribution < 1.29 is 9.36 Å². The van der Waals surface area contributed by atoms with Crippen molar-refractivity contribution in [3.8, 4) is 0 Å². The highest BCUT2D eigenvalue weighted by Gasteiger charge is 2.26. The van der Waals surface area contributed by atoms with Gasteiger partial charge in [-0.05, 0) is 12.1 Å². The van der Waals surface area contributed by atoms with E-state index in [-0.39, 0.29) is 11.2 Å². The lowest BCUT2D eigenvalue weighted by Crippen LogP contribution is -2.42. The monoisotopic (exact) mass is 278 g/mol. The van der Waals surface area contributed by atoms with Crippen molar-refractivity contribution >= 4 is 27.5 Å². The lowest BCUT2D eigenvalue weighted by molar-refractivity contribution is -0.657. The first-order valence-electron chi connectivity index (χ1n) is 7.30. The number of hydrogen-bond donors (Lipinski definition) is 0. The molecule has 2 heteroatoms. The molecule has 3 aromatic rings. The molecule has 0 saturated heterocycles. The number of hydrogen-bond acceptors (Lipinski definition) is 1. The fourth-order valence-corrected chi connectivity index (χ4v) is 2.57. The summed E-state index contributed by atoms with van der Waals surface area (Å²) in [6, 6.07) is 16.6. The summed E-state index contributed by atoms with van der Waals surface area (Å²) in [5.74, 6) is 0.243. The van der Waals surface area contributed by atoms with Gasteiger partial charge in [-0.2, -0.15) is 4.57 Å². The molecule has 2 aromatic carbocycles. The Morgan fingerprint density at radius 2 is 1.57 bits per heavy atom. The van der Waals surface area contributed by atoms with Crippen molar-refractivity contribution in [2.45, 2.75) is 27.3 Å². The third-order valence-corrected chi connectivity index (χ3v) is 3.91. The van der Waals surface area contributed by atoms with Crippen LogP contribution in [0.1, 0.15) is 20.8 Å². The Kier molecular flexibility index (Phi) is 3.25. The summed E-state index contributed by atoms with van der Waals surface area (Å²) in [4.78, 5) is 12.4. The second kappa shape index (κ2) is 4.96. The molecule has 0 fully saturated rings. The van der Waals surface area contributed by atoms with Crippen molar-refractivity contribution in [2.24, 2.45) is 5.41 Å². The second-order valence-electron chi connectivity index (χ2n) is 6.53. The third-order valence-electron chi connectivity index (χ3n) is 3.91. The van der Waals surface area contributed by atoms with Gasteiger partial charge in [-0.3, -0.25) is 4.79 Å². The lowest BCUT2D eigenvalue weighted by atomic mass is 9.90. The zero-order valence-corrected chi connectivity index (χ0v) is 12.8. The molecule has 1 aromatic heterocycles. The van der Waals surface area contributed by atoms with E-state index in [4.69, 9.17) is 0 Å². The molecule has 106 valence electrons. The van der Waals surface area contributed by atoms with E-state index < -0.39 is 0 Å². The minimum Gasteiger partial charge on any atom is -0.292 e. The fraction of sp³-hybridized carbons (Fsp3) is 0.263.